The van der Waals surface area contributed by atoms with Gasteiger partial charge in [-0.3, -0.25) is 4.79 Å². The van der Waals surface area contributed by atoms with Crippen LogP contribution in [0.15, 0.2) is 18.2 Å². The number of phenols is 2. The van der Waals surface area contributed by atoms with Gasteiger partial charge in [0.1, 0.15) is 0 Å². The summed E-state index contributed by atoms with van der Waals surface area (Å²) in [5.41, 5.74) is -0.307. The van der Waals surface area contributed by atoms with Crippen molar-refractivity contribution in [2.45, 2.75) is 31.1 Å². The minimum Gasteiger partial charge on any atom is -0.504 e. The van der Waals surface area contributed by atoms with Gasteiger partial charge in [0, 0.05) is 0 Å². The maximum atomic E-state index is 11.4. The molecular formula is C12H14O4. The fourth-order valence-corrected chi connectivity index (χ4v) is 2.43. The van der Waals surface area contributed by atoms with E-state index >= 15 is 0 Å². The molecule has 86 valence electrons. The van der Waals surface area contributed by atoms with Crippen LogP contribution in [0, 0.1) is 0 Å². The molecule has 1 fully saturated rings. The lowest BCUT2D eigenvalue weighted by Gasteiger charge is -2.24. The second-order valence-electron chi connectivity index (χ2n) is 4.30. The first-order valence-electron chi connectivity index (χ1n) is 5.32. The number of aromatic hydroxyl groups is 2. The van der Waals surface area contributed by atoms with Crippen molar-refractivity contribution in [2.24, 2.45) is 0 Å². The van der Waals surface area contributed by atoms with E-state index in [-0.39, 0.29) is 11.5 Å². The molecule has 1 saturated carbocycles. The minimum atomic E-state index is -0.884. The molecular weight excluding hydrogens is 208 g/mol. The Morgan fingerprint density at radius 3 is 2.25 bits per heavy atom. The van der Waals surface area contributed by atoms with E-state index in [2.05, 4.69) is 0 Å². The topological polar surface area (TPSA) is 77.8 Å². The van der Waals surface area contributed by atoms with Crippen LogP contribution in [0.3, 0.4) is 0 Å². The van der Waals surface area contributed by atoms with Crippen molar-refractivity contribution in [2.75, 3.05) is 0 Å². The van der Waals surface area contributed by atoms with Gasteiger partial charge in [0.25, 0.3) is 0 Å². The summed E-state index contributed by atoms with van der Waals surface area (Å²) >= 11 is 0. The number of hydrogen-bond donors (Lipinski definition) is 3. The van der Waals surface area contributed by atoms with Gasteiger partial charge in [-0.1, -0.05) is 18.9 Å². The standard InChI is InChI=1S/C12H14O4/c13-9-4-3-8(7-10(9)14)12(11(15)16)5-1-2-6-12/h3-4,7,13-14H,1-2,5-6H2,(H,15,16). The highest BCUT2D eigenvalue weighted by atomic mass is 16.4. The van der Waals surface area contributed by atoms with E-state index in [1.807, 2.05) is 0 Å². The third-order valence-electron chi connectivity index (χ3n) is 3.39. The largest absolute Gasteiger partial charge is 0.504 e. The SMILES string of the molecule is O=C(O)C1(c2ccc(O)c(O)c2)CCCC1. The normalized spacial score (nSPS) is 18.5. The highest BCUT2D eigenvalue weighted by molar-refractivity contribution is 5.82. The quantitative estimate of drug-likeness (QED) is 0.669. The van der Waals surface area contributed by atoms with Gasteiger partial charge in [0.15, 0.2) is 11.5 Å². The van der Waals surface area contributed by atoms with Gasteiger partial charge >= 0.3 is 5.97 Å². The van der Waals surface area contributed by atoms with Crippen LogP contribution >= 0.6 is 0 Å². The van der Waals surface area contributed by atoms with Crippen molar-refractivity contribution < 1.29 is 20.1 Å². The smallest absolute Gasteiger partial charge is 0.314 e. The first-order valence-corrected chi connectivity index (χ1v) is 5.32. The third kappa shape index (κ3) is 1.50. The molecule has 4 heteroatoms. The molecule has 1 aromatic rings. The van der Waals surface area contributed by atoms with Gasteiger partial charge in [-0.15, -0.1) is 0 Å². The lowest BCUT2D eigenvalue weighted by Crippen LogP contribution is -2.32. The molecule has 0 radical (unpaired) electrons. The number of carbonyl (C=O) groups is 1. The molecule has 0 atom stereocenters. The number of benzene rings is 1. The second-order valence-corrected chi connectivity index (χ2v) is 4.30. The van der Waals surface area contributed by atoms with Crippen LogP contribution in [0.2, 0.25) is 0 Å². The van der Waals surface area contributed by atoms with Gasteiger partial charge in [0.2, 0.25) is 0 Å². The molecule has 4 nitrogen and oxygen atoms in total. The summed E-state index contributed by atoms with van der Waals surface area (Å²) in [4.78, 5) is 11.4. The fourth-order valence-electron chi connectivity index (χ4n) is 2.43. The van der Waals surface area contributed by atoms with Gasteiger partial charge in [-0.05, 0) is 30.5 Å². The number of phenolic OH excluding ortho intramolecular Hbond substituents is 2. The summed E-state index contributed by atoms with van der Waals surface area (Å²) in [6, 6.07) is 4.27. The molecule has 0 heterocycles. The third-order valence-corrected chi connectivity index (χ3v) is 3.39. The van der Waals surface area contributed by atoms with E-state index in [4.69, 9.17) is 0 Å². The van der Waals surface area contributed by atoms with Crippen molar-refractivity contribution in [3.63, 3.8) is 0 Å². The Morgan fingerprint density at radius 2 is 1.75 bits per heavy atom. The van der Waals surface area contributed by atoms with Crippen LogP contribution in [0.4, 0.5) is 0 Å². The summed E-state index contributed by atoms with van der Waals surface area (Å²) in [5, 5.41) is 28.0. The zero-order valence-corrected chi connectivity index (χ0v) is 8.81. The molecule has 0 unspecified atom stereocenters. The van der Waals surface area contributed by atoms with Crippen molar-refractivity contribution in [1.29, 1.82) is 0 Å². The maximum absolute atomic E-state index is 11.4. The van der Waals surface area contributed by atoms with E-state index in [1.165, 1.54) is 12.1 Å². The maximum Gasteiger partial charge on any atom is 0.314 e. The molecule has 1 aliphatic rings. The summed E-state index contributed by atoms with van der Waals surface area (Å²) in [7, 11) is 0. The Balaban J connectivity index is 2.47. The Bertz CT molecular complexity index is 419. The molecule has 0 saturated heterocycles. The zero-order valence-electron chi connectivity index (χ0n) is 8.81. The van der Waals surface area contributed by atoms with Crippen LogP contribution in [0.1, 0.15) is 31.2 Å². The second kappa shape index (κ2) is 3.70. The lowest BCUT2D eigenvalue weighted by molar-refractivity contribution is -0.143. The van der Waals surface area contributed by atoms with E-state index in [0.717, 1.165) is 12.8 Å². The first kappa shape index (κ1) is 10.8. The molecule has 0 aromatic heterocycles. The van der Waals surface area contributed by atoms with Gasteiger partial charge in [0.05, 0.1) is 5.41 Å². The van der Waals surface area contributed by atoms with Crippen molar-refractivity contribution >= 4 is 5.97 Å². The van der Waals surface area contributed by atoms with E-state index in [0.29, 0.717) is 18.4 Å². The molecule has 0 bridgehead atoms. The molecule has 3 N–H and O–H groups in total. The number of aliphatic carboxylic acids is 1. The molecule has 2 rings (SSSR count). The molecule has 0 amide bonds. The monoisotopic (exact) mass is 222 g/mol. The Hall–Kier alpha value is -1.71. The van der Waals surface area contributed by atoms with E-state index in [1.54, 1.807) is 6.07 Å². The lowest BCUT2D eigenvalue weighted by atomic mass is 9.79. The molecule has 16 heavy (non-hydrogen) atoms. The van der Waals surface area contributed by atoms with Crippen molar-refractivity contribution in [3.05, 3.63) is 23.8 Å². The molecule has 0 aliphatic heterocycles. The predicted octanol–water partition coefficient (Wildman–Crippen LogP) is 1.99. The molecule has 1 aromatic carbocycles. The Morgan fingerprint density at radius 1 is 1.12 bits per heavy atom. The predicted molar refractivity (Wildman–Crippen MR) is 57.6 cm³/mol. The van der Waals surface area contributed by atoms with Crippen molar-refractivity contribution in [1.82, 2.24) is 0 Å². The Kier molecular flexibility index (Phi) is 2.50. The van der Waals surface area contributed by atoms with Crippen LogP contribution in [-0.2, 0) is 10.2 Å². The summed E-state index contributed by atoms with van der Waals surface area (Å²) in [5.74, 6) is -1.33. The first-order chi connectivity index (χ1) is 7.56. The zero-order chi connectivity index (χ0) is 11.8. The molecule has 0 spiro atoms. The average molecular weight is 222 g/mol. The molecule has 1 aliphatic carbocycles. The number of carboxylic acid groups (broad SMARTS) is 1. The van der Waals surface area contributed by atoms with Gasteiger partial charge < -0.3 is 15.3 Å². The average Bonchev–Trinajstić information content (AvgIpc) is 2.72. The number of carboxylic acids is 1. The summed E-state index contributed by atoms with van der Waals surface area (Å²) in [6.45, 7) is 0. The van der Waals surface area contributed by atoms with Crippen LogP contribution < -0.4 is 0 Å². The highest BCUT2D eigenvalue weighted by Gasteiger charge is 2.43. The van der Waals surface area contributed by atoms with Crippen LogP contribution in [-0.4, -0.2) is 21.3 Å². The number of hydrogen-bond acceptors (Lipinski definition) is 3. The van der Waals surface area contributed by atoms with Crippen LogP contribution in [0.25, 0.3) is 0 Å². The number of rotatable bonds is 2. The van der Waals surface area contributed by atoms with Gasteiger partial charge in [-0.2, -0.15) is 0 Å². The van der Waals surface area contributed by atoms with Gasteiger partial charge in [-0.25, -0.2) is 0 Å². The highest BCUT2D eigenvalue weighted by Crippen LogP contribution is 2.43. The van der Waals surface area contributed by atoms with E-state index in [9.17, 15) is 20.1 Å². The van der Waals surface area contributed by atoms with Crippen molar-refractivity contribution in [3.8, 4) is 11.5 Å². The minimum absolute atomic E-state index is 0.220. The summed E-state index contributed by atoms with van der Waals surface area (Å²) < 4.78 is 0. The Labute approximate surface area is 93.2 Å². The van der Waals surface area contributed by atoms with E-state index < -0.39 is 11.4 Å². The summed E-state index contributed by atoms with van der Waals surface area (Å²) in [6.07, 6.45) is 2.95. The van der Waals surface area contributed by atoms with Crippen LogP contribution in [0.5, 0.6) is 11.5 Å². The fraction of sp³-hybridized carbons (Fsp3) is 0.417.